The van der Waals surface area contributed by atoms with Gasteiger partial charge in [0.05, 0.1) is 0 Å². The number of rotatable bonds is 6. The van der Waals surface area contributed by atoms with E-state index in [0.717, 1.165) is 5.56 Å². The van der Waals surface area contributed by atoms with E-state index in [1.54, 1.807) is 13.0 Å². The summed E-state index contributed by atoms with van der Waals surface area (Å²) < 4.78 is 13.0. The van der Waals surface area contributed by atoms with E-state index in [1.807, 2.05) is 19.9 Å². The van der Waals surface area contributed by atoms with E-state index in [2.05, 4.69) is 10.6 Å². The monoisotopic (exact) mass is 252 g/mol. The molecule has 1 rings (SSSR count). The van der Waals surface area contributed by atoms with Crippen LogP contribution < -0.4 is 10.6 Å². The molecule has 0 aliphatic rings. The van der Waals surface area contributed by atoms with Gasteiger partial charge in [0.25, 0.3) is 0 Å². The third kappa shape index (κ3) is 5.27. The predicted molar refractivity (Wildman–Crippen MR) is 70.7 cm³/mol. The molecule has 1 aromatic carbocycles. The minimum absolute atomic E-state index is 0.0489. The Morgan fingerprint density at radius 1 is 1.39 bits per heavy atom. The second kappa shape index (κ2) is 7.11. The minimum Gasteiger partial charge on any atom is -0.354 e. The maximum Gasteiger partial charge on any atom is 0.221 e. The number of benzene rings is 1. The molecule has 0 unspecified atom stereocenters. The predicted octanol–water partition coefficient (Wildman–Crippen LogP) is 2.14. The van der Waals surface area contributed by atoms with Crippen LogP contribution in [0.25, 0.3) is 0 Å². The Bertz CT molecular complexity index is 405. The van der Waals surface area contributed by atoms with Gasteiger partial charge in [-0.15, -0.1) is 0 Å². The first-order valence-electron chi connectivity index (χ1n) is 6.24. The topological polar surface area (TPSA) is 41.1 Å². The Labute approximate surface area is 108 Å². The molecule has 0 heterocycles. The molecule has 2 N–H and O–H groups in total. The molecule has 18 heavy (non-hydrogen) atoms. The van der Waals surface area contributed by atoms with Gasteiger partial charge >= 0.3 is 0 Å². The van der Waals surface area contributed by atoms with Gasteiger partial charge in [0.1, 0.15) is 5.82 Å². The lowest BCUT2D eigenvalue weighted by molar-refractivity contribution is -0.121. The van der Waals surface area contributed by atoms with Crippen molar-refractivity contribution in [3.8, 4) is 0 Å². The van der Waals surface area contributed by atoms with E-state index in [9.17, 15) is 9.18 Å². The molecule has 0 aliphatic carbocycles. The van der Waals surface area contributed by atoms with Crippen LogP contribution in [0.1, 0.15) is 31.4 Å². The number of aryl methyl sites for hydroxylation is 1. The van der Waals surface area contributed by atoms with Gasteiger partial charge in [-0.2, -0.15) is 0 Å². The first-order chi connectivity index (χ1) is 8.49. The lowest BCUT2D eigenvalue weighted by atomic mass is 10.1. The molecule has 100 valence electrons. The summed E-state index contributed by atoms with van der Waals surface area (Å²) >= 11 is 0. The fourth-order valence-corrected chi connectivity index (χ4v) is 1.65. The summed E-state index contributed by atoms with van der Waals surface area (Å²) in [5, 5.41) is 6.00. The number of amides is 1. The second-order valence-corrected chi connectivity index (χ2v) is 4.73. The van der Waals surface area contributed by atoms with Crippen LogP contribution in [0, 0.1) is 12.7 Å². The van der Waals surface area contributed by atoms with Crippen LogP contribution in [0.2, 0.25) is 0 Å². The standard InChI is InChI=1S/C14H21FN2O/c1-10(2)17-14(18)6-7-16-9-12-4-5-13(15)11(3)8-12/h4-5,8,10,16H,6-7,9H2,1-3H3,(H,17,18). The van der Waals surface area contributed by atoms with E-state index in [-0.39, 0.29) is 17.8 Å². The summed E-state index contributed by atoms with van der Waals surface area (Å²) in [6.45, 7) is 6.89. The smallest absolute Gasteiger partial charge is 0.221 e. The molecule has 0 aromatic heterocycles. The number of hydrogen-bond acceptors (Lipinski definition) is 2. The first kappa shape index (κ1) is 14.6. The summed E-state index contributed by atoms with van der Waals surface area (Å²) in [7, 11) is 0. The highest BCUT2D eigenvalue weighted by Crippen LogP contribution is 2.08. The van der Waals surface area contributed by atoms with E-state index in [4.69, 9.17) is 0 Å². The summed E-state index contributed by atoms with van der Waals surface area (Å²) in [4.78, 5) is 11.4. The van der Waals surface area contributed by atoms with Crippen molar-refractivity contribution in [2.24, 2.45) is 0 Å². The van der Waals surface area contributed by atoms with E-state index >= 15 is 0 Å². The zero-order valence-corrected chi connectivity index (χ0v) is 11.2. The molecule has 4 heteroatoms. The molecule has 0 fully saturated rings. The fourth-order valence-electron chi connectivity index (χ4n) is 1.65. The largest absolute Gasteiger partial charge is 0.354 e. The first-order valence-corrected chi connectivity index (χ1v) is 6.24. The van der Waals surface area contributed by atoms with Crippen LogP contribution >= 0.6 is 0 Å². The Morgan fingerprint density at radius 2 is 2.11 bits per heavy atom. The van der Waals surface area contributed by atoms with Crippen LogP contribution in [0.4, 0.5) is 4.39 Å². The van der Waals surface area contributed by atoms with Crippen molar-refractivity contribution in [3.05, 3.63) is 35.1 Å². The Morgan fingerprint density at radius 3 is 2.72 bits per heavy atom. The molecule has 0 atom stereocenters. The van der Waals surface area contributed by atoms with E-state index < -0.39 is 0 Å². The lowest BCUT2D eigenvalue weighted by Crippen LogP contribution is -2.32. The molecule has 0 saturated heterocycles. The average molecular weight is 252 g/mol. The number of carbonyl (C=O) groups is 1. The number of halogens is 1. The van der Waals surface area contributed by atoms with Crippen LogP contribution in [0.5, 0.6) is 0 Å². The van der Waals surface area contributed by atoms with Crippen molar-refractivity contribution >= 4 is 5.91 Å². The van der Waals surface area contributed by atoms with E-state index in [1.165, 1.54) is 6.07 Å². The molecule has 0 spiro atoms. The van der Waals surface area contributed by atoms with Gasteiger partial charge in [0.15, 0.2) is 0 Å². The molecule has 0 bridgehead atoms. The number of hydrogen-bond donors (Lipinski definition) is 2. The Kier molecular flexibility index (Phi) is 5.78. The molecule has 0 radical (unpaired) electrons. The van der Waals surface area contributed by atoms with Crippen LogP contribution in [-0.4, -0.2) is 18.5 Å². The summed E-state index contributed by atoms with van der Waals surface area (Å²) in [5.74, 6) is -0.136. The van der Waals surface area contributed by atoms with Crippen molar-refractivity contribution in [2.75, 3.05) is 6.54 Å². The molecule has 1 amide bonds. The zero-order valence-electron chi connectivity index (χ0n) is 11.2. The third-order valence-corrected chi connectivity index (χ3v) is 2.53. The molecule has 0 aliphatic heterocycles. The van der Waals surface area contributed by atoms with Gasteiger partial charge in [-0.05, 0) is 38.0 Å². The Balaban J connectivity index is 2.25. The van der Waals surface area contributed by atoms with Gasteiger partial charge in [-0.3, -0.25) is 4.79 Å². The molecule has 3 nitrogen and oxygen atoms in total. The lowest BCUT2D eigenvalue weighted by Gasteiger charge is -2.09. The summed E-state index contributed by atoms with van der Waals surface area (Å²) in [6.07, 6.45) is 0.457. The van der Waals surface area contributed by atoms with Crippen LogP contribution in [0.3, 0.4) is 0 Å². The maximum absolute atomic E-state index is 13.0. The van der Waals surface area contributed by atoms with Gasteiger partial charge < -0.3 is 10.6 Å². The highest BCUT2D eigenvalue weighted by Gasteiger charge is 2.03. The molecular weight excluding hydrogens is 231 g/mol. The fraction of sp³-hybridized carbons (Fsp3) is 0.500. The van der Waals surface area contributed by atoms with Gasteiger partial charge in [0.2, 0.25) is 5.91 Å². The van der Waals surface area contributed by atoms with Crippen LogP contribution in [-0.2, 0) is 11.3 Å². The summed E-state index contributed by atoms with van der Waals surface area (Å²) in [5.41, 5.74) is 1.67. The molecule has 1 aromatic rings. The quantitative estimate of drug-likeness (QED) is 0.762. The van der Waals surface area contributed by atoms with Crippen molar-refractivity contribution < 1.29 is 9.18 Å². The zero-order chi connectivity index (χ0) is 13.5. The van der Waals surface area contributed by atoms with Crippen molar-refractivity contribution in [2.45, 2.75) is 39.8 Å². The third-order valence-electron chi connectivity index (χ3n) is 2.53. The highest BCUT2D eigenvalue weighted by atomic mass is 19.1. The normalized spacial score (nSPS) is 10.7. The number of nitrogens with one attached hydrogen (secondary N) is 2. The Hall–Kier alpha value is -1.42. The van der Waals surface area contributed by atoms with Crippen molar-refractivity contribution in [3.63, 3.8) is 0 Å². The molecule has 0 saturated carbocycles. The number of carbonyl (C=O) groups excluding carboxylic acids is 1. The molecular formula is C14H21FN2O. The maximum atomic E-state index is 13.0. The van der Waals surface area contributed by atoms with Crippen LogP contribution in [0.15, 0.2) is 18.2 Å². The SMILES string of the molecule is Cc1cc(CNCCC(=O)NC(C)C)ccc1F. The van der Waals surface area contributed by atoms with Gasteiger partial charge in [-0.25, -0.2) is 4.39 Å². The average Bonchev–Trinajstić information content (AvgIpc) is 2.28. The minimum atomic E-state index is -0.185. The van der Waals surface area contributed by atoms with Gasteiger partial charge in [0, 0.05) is 25.6 Å². The van der Waals surface area contributed by atoms with Crippen molar-refractivity contribution in [1.29, 1.82) is 0 Å². The van der Waals surface area contributed by atoms with Gasteiger partial charge in [-0.1, -0.05) is 12.1 Å². The second-order valence-electron chi connectivity index (χ2n) is 4.73. The highest BCUT2D eigenvalue weighted by molar-refractivity contribution is 5.76. The van der Waals surface area contributed by atoms with Crippen molar-refractivity contribution in [1.82, 2.24) is 10.6 Å². The van der Waals surface area contributed by atoms with E-state index in [0.29, 0.717) is 25.1 Å². The summed E-state index contributed by atoms with van der Waals surface area (Å²) in [6, 6.07) is 5.22.